The molecule has 0 atom stereocenters. The standard InChI is InChI=1S/C24H31ClN2O2/c1-4-14-27(15-5-2)16-17-29-23-18-22(12-6-19(23)3)26-24(28)13-9-20-7-10-21(25)11-8-20/h6-13,18H,4-5,14-17H2,1-3H3,(H,26,28). The molecule has 1 N–H and O–H groups in total. The molecule has 0 aliphatic carbocycles. The number of ether oxygens (including phenoxy) is 1. The SMILES string of the molecule is CCCN(CCC)CCOc1cc(NC(=O)C=Cc2ccc(Cl)cc2)ccc1C. The Bertz CT molecular complexity index is 797. The van der Waals surface area contributed by atoms with Crippen LogP contribution in [0.1, 0.15) is 37.8 Å². The molecule has 0 aliphatic rings. The van der Waals surface area contributed by atoms with E-state index >= 15 is 0 Å². The summed E-state index contributed by atoms with van der Waals surface area (Å²) >= 11 is 5.88. The Balaban J connectivity index is 1.91. The fourth-order valence-corrected chi connectivity index (χ4v) is 3.14. The summed E-state index contributed by atoms with van der Waals surface area (Å²) in [4.78, 5) is 14.6. The van der Waals surface area contributed by atoms with Gasteiger partial charge in [-0.1, -0.05) is 43.6 Å². The number of amides is 1. The quantitative estimate of drug-likeness (QED) is 0.472. The minimum Gasteiger partial charge on any atom is -0.492 e. The molecule has 4 nitrogen and oxygen atoms in total. The fourth-order valence-electron chi connectivity index (χ4n) is 3.02. The van der Waals surface area contributed by atoms with Crippen LogP contribution in [0.4, 0.5) is 5.69 Å². The number of halogens is 1. The normalized spacial score (nSPS) is 11.2. The van der Waals surface area contributed by atoms with Crippen LogP contribution in [0.2, 0.25) is 5.02 Å². The highest BCUT2D eigenvalue weighted by molar-refractivity contribution is 6.30. The summed E-state index contributed by atoms with van der Waals surface area (Å²) in [7, 11) is 0. The van der Waals surface area contributed by atoms with E-state index in [1.807, 2.05) is 37.3 Å². The van der Waals surface area contributed by atoms with Crippen LogP contribution in [0.5, 0.6) is 5.75 Å². The lowest BCUT2D eigenvalue weighted by Gasteiger charge is -2.21. The summed E-state index contributed by atoms with van der Waals surface area (Å²) < 4.78 is 6.00. The van der Waals surface area contributed by atoms with Gasteiger partial charge in [0.2, 0.25) is 5.91 Å². The summed E-state index contributed by atoms with van der Waals surface area (Å²) in [6, 6.07) is 13.1. The minimum atomic E-state index is -0.188. The summed E-state index contributed by atoms with van der Waals surface area (Å²) in [5, 5.41) is 3.56. The van der Waals surface area contributed by atoms with E-state index in [-0.39, 0.29) is 5.91 Å². The lowest BCUT2D eigenvalue weighted by Crippen LogP contribution is -2.30. The molecule has 2 rings (SSSR count). The molecule has 0 unspecified atom stereocenters. The van der Waals surface area contributed by atoms with Gasteiger partial charge >= 0.3 is 0 Å². The van der Waals surface area contributed by atoms with E-state index in [1.165, 1.54) is 6.08 Å². The number of hydrogen-bond acceptors (Lipinski definition) is 3. The maximum atomic E-state index is 12.2. The number of nitrogens with one attached hydrogen (secondary N) is 1. The van der Waals surface area contributed by atoms with E-state index in [1.54, 1.807) is 18.2 Å². The Kier molecular flexibility index (Phi) is 9.75. The molecule has 0 saturated carbocycles. The van der Waals surface area contributed by atoms with Crippen LogP contribution in [0, 0.1) is 6.92 Å². The number of rotatable bonds is 11. The second kappa shape index (κ2) is 12.3. The summed E-state index contributed by atoms with van der Waals surface area (Å²) in [6.45, 7) is 10.1. The third-order valence-corrected chi connectivity index (χ3v) is 4.75. The predicted octanol–water partition coefficient (Wildman–Crippen LogP) is 5.80. The third kappa shape index (κ3) is 8.30. The van der Waals surface area contributed by atoms with Crippen LogP contribution in [0.15, 0.2) is 48.5 Å². The van der Waals surface area contributed by atoms with Crippen LogP contribution in [-0.4, -0.2) is 37.0 Å². The number of aryl methyl sites for hydroxylation is 1. The zero-order chi connectivity index (χ0) is 21.1. The first-order valence-electron chi connectivity index (χ1n) is 10.2. The first kappa shape index (κ1) is 23.0. The van der Waals surface area contributed by atoms with Gasteiger partial charge in [-0.25, -0.2) is 0 Å². The maximum absolute atomic E-state index is 12.2. The van der Waals surface area contributed by atoms with Gasteiger partial charge in [-0.3, -0.25) is 9.69 Å². The Hall–Kier alpha value is -2.30. The topological polar surface area (TPSA) is 41.6 Å². The van der Waals surface area contributed by atoms with Crippen molar-refractivity contribution in [2.75, 3.05) is 31.6 Å². The van der Waals surface area contributed by atoms with Crippen molar-refractivity contribution in [1.29, 1.82) is 0 Å². The molecular formula is C24H31ClN2O2. The van der Waals surface area contributed by atoms with Gasteiger partial charge < -0.3 is 10.1 Å². The van der Waals surface area contributed by atoms with E-state index in [2.05, 4.69) is 24.1 Å². The van der Waals surface area contributed by atoms with Crippen LogP contribution in [-0.2, 0) is 4.79 Å². The fraction of sp³-hybridized carbons (Fsp3) is 0.375. The molecule has 0 spiro atoms. The van der Waals surface area contributed by atoms with Gasteiger partial charge in [-0.15, -0.1) is 0 Å². The zero-order valence-electron chi connectivity index (χ0n) is 17.6. The third-order valence-electron chi connectivity index (χ3n) is 4.50. The molecule has 156 valence electrons. The van der Waals surface area contributed by atoms with Gasteiger partial charge in [-0.05, 0) is 68.3 Å². The first-order valence-corrected chi connectivity index (χ1v) is 10.6. The van der Waals surface area contributed by atoms with E-state index < -0.39 is 0 Å². The van der Waals surface area contributed by atoms with Crippen LogP contribution >= 0.6 is 11.6 Å². The highest BCUT2D eigenvalue weighted by Crippen LogP contribution is 2.23. The number of carbonyl (C=O) groups is 1. The molecule has 29 heavy (non-hydrogen) atoms. The average molecular weight is 415 g/mol. The Morgan fingerprint density at radius 3 is 2.41 bits per heavy atom. The molecule has 5 heteroatoms. The van der Waals surface area contributed by atoms with Gasteiger partial charge in [0.05, 0.1) is 0 Å². The Morgan fingerprint density at radius 2 is 1.76 bits per heavy atom. The molecule has 2 aromatic carbocycles. The second-order valence-electron chi connectivity index (χ2n) is 7.04. The number of nitrogens with zero attached hydrogens (tertiary/aromatic N) is 1. The smallest absolute Gasteiger partial charge is 0.248 e. The maximum Gasteiger partial charge on any atom is 0.248 e. The van der Waals surface area contributed by atoms with Gasteiger partial charge in [0, 0.05) is 29.4 Å². The number of hydrogen-bond donors (Lipinski definition) is 1. The zero-order valence-corrected chi connectivity index (χ0v) is 18.3. The average Bonchev–Trinajstić information content (AvgIpc) is 2.70. The molecular weight excluding hydrogens is 384 g/mol. The van der Waals surface area contributed by atoms with Crippen LogP contribution in [0.3, 0.4) is 0 Å². The summed E-state index contributed by atoms with van der Waals surface area (Å²) in [5.41, 5.74) is 2.69. The van der Waals surface area contributed by atoms with Crippen LogP contribution in [0.25, 0.3) is 6.08 Å². The summed E-state index contributed by atoms with van der Waals surface area (Å²) in [5.74, 6) is 0.615. The van der Waals surface area contributed by atoms with Crippen molar-refractivity contribution in [1.82, 2.24) is 4.90 Å². The molecule has 0 aliphatic heterocycles. The van der Waals surface area contributed by atoms with Crippen molar-refractivity contribution in [2.24, 2.45) is 0 Å². The highest BCUT2D eigenvalue weighted by Gasteiger charge is 2.06. The molecule has 0 heterocycles. The molecule has 0 saturated heterocycles. The molecule has 2 aromatic rings. The lowest BCUT2D eigenvalue weighted by atomic mass is 10.2. The van der Waals surface area contributed by atoms with Crippen molar-refractivity contribution in [3.8, 4) is 5.75 Å². The number of carbonyl (C=O) groups excluding carboxylic acids is 1. The van der Waals surface area contributed by atoms with Gasteiger partial charge in [-0.2, -0.15) is 0 Å². The molecule has 0 radical (unpaired) electrons. The molecule has 0 fully saturated rings. The monoisotopic (exact) mass is 414 g/mol. The highest BCUT2D eigenvalue weighted by atomic mass is 35.5. The Morgan fingerprint density at radius 1 is 1.07 bits per heavy atom. The van der Waals surface area contributed by atoms with Crippen molar-refractivity contribution in [3.05, 3.63) is 64.7 Å². The van der Waals surface area contributed by atoms with E-state index in [9.17, 15) is 4.79 Å². The van der Waals surface area contributed by atoms with Crippen molar-refractivity contribution in [2.45, 2.75) is 33.6 Å². The molecule has 1 amide bonds. The largest absolute Gasteiger partial charge is 0.492 e. The number of anilines is 1. The molecule has 0 bridgehead atoms. The minimum absolute atomic E-state index is 0.188. The molecule has 0 aromatic heterocycles. The lowest BCUT2D eigenvalue weighted by molar-refractivity contribution is -0.111. The van der Waals surface area contributed by atoms with Crippen molar-refractivity contribution >= 4 is 29.3 Å². The van der Waals surface area contributed by atoms with E-state index in [0.717, 1.165) is 55.0 Å². The Labute approximate surface area is 179 Å². The predicted molar refractivity (Wildman–Crippen MR) is 123 cm³/mol. The van der Waals surface area contributed by atoms with E-state index in [0.29, 0.717) is 11.6 Å². The second-order valence-corrected chi connectivity index (χ2v) is 7.48. The van der Waals surface area contributed by atoms with Crippen LogP contribution < -0.4 is 10.1 Å². The number of benzene rings is 2. The van der Waals surface area contributed by atoms with E-state index in [4.69, 9.17) is 16.3 Å². The van der Waals surface area contributed by atoms with Gasteiger partial charge in [0.15, 0.2) is 0 Å². The van der Waals surface area contributed by atoms with Gasteiger partial charge in [0.25, 0.3) is 0 Å². The first-order chi connectivity index (χ1) is 14.0. The van der Waals surface area contributed by atoms with Crippen molar-refractivity contribution in [3.63, 3.8) is 0 Å². The van der Waals surface area contributed by atoms with Crippen molar-refractivity contribution < 1.29 is 9.53 Å². The summed E-state index contributed by atoms with van der Waals surface area (Å²) in [6.07, 6.45) is 5.55. The van der Waals surface area contributed by atoms with Gasteiger partial charge in [0.1, 0.15) is 12.4 Å².